The number of carbonyl (C=O) groups excluding carboxylic acids is 1. The fourth-order valence-electron chi connectivity index (χ4n) is 0.754. The van der Waals surface area contributed by atoms with E-state index >= 15 is 0 Å². The molecule has 0 aromatic heterocycles. The lowest BCUT2D eigenvalue weighted by molar-refractivity contribution is -0.109. The molecule has 0 radical (unpaired) electrons. The molecule has 0 amide bonds. The van der Waals surface area contributed by atoms with Gasteiger partial charge in [0.15, 0.2) is 0 Å². The second-order valence-corrected chi connectivity index (χ2v) is 2.52. The summed E-state index contributed by atoms with van der Waals surface area (Å²) in [5.74, 6) is 4.87. The maximum absolute atomic E-state index is 10.9. The van der Waals surface area contributed by atoms with E-state index < -0.39 is 0 Å². The van der Waals surface area contributed by atoms with Crippen molar-refractivity contribution < 1.29 is 4.79 Å². The van der Waals surface area contributed by atoms with Gasteiger partial charge in [-0.3, -0.25) is 4.79 Å². The summed E-state index contributed by atoms with van der Waals surface area (Å²) in [7, 11) is 0. The summed E-state index contributed by atoms with van der Waals surface area (Å²) in [6, 6.07) is 9.30. The molecule has 0 fully saturated rings. The van der Waals surface area contributed by atoms with E-state index in [4.69, 9.17) is 11.6 Å². The van der Waals surface area contributed by atoms with Crippen molar-refractivity contribution >= 4 is 17.4 Å². The van der Waals surface area contributed by atoms with Gasteiger partial charge in [-0.1, -0.05) is 35.7 Å². The maximum atomic E-state index is 10.9. The monoisotopic (exact) mass is 190 g/mol. The molecule has 2 heteroatoms. The smallest absolute Gasteiger partial charge is 0.229 e. The Balaban J connectivity index is 2.73. The molecule has 1 nitrogen and oxygen atoms in total. The van der Waals surface area contributed by atoms with E-state index in [1.54, 1.807) is 0 Å². The first-order valence-corrected chi connectivity index (χ1v) is 4.14. The van der Waals surface area contributed by atoms with Crippen molar-refractivity contribution in [3.8, 4) is 11.8 Å². The highest BCUT2D eigenvalue weighted by Gasteiger charge is 1.86. The first-order chi connectivity index (χ1) is 6.33. The first kappa shape index (κ1) is 9.57. The quantitative estimate of drug-likeness (QED) is 0.491. The van der Waals surface area contributed by atoms with Crippen molar-refractivity contribution in [2.45, 2.75) is 0 Å². The van der Waals surface area contributed by atoms with Gasteiger partial charge in [0.05, 0.1) is 0 Å². The number of rotatable bonds is 1. The Morgan fingerprint density at radius 1 is 1.31 bits per heavy atom. The molecule has 13 heavy (non-hydrogen) atoms. The number of halogens is 1. The van der Waals surface area contributed by atoms with Crippen LogP contribution in [0.25, 0.3) is 0 Å². The van der Waals surface area contributed by atoms with Crippen LogP contribution in [0.1, 0.15) is 5.56 Å². The third-order valence-electron chi connectivity index (χ3n) is 1.32. The van der Waals surface area contributed by atoms with Gasteiger partial charge in [-0.25, -0.2) is 0 Å². The molecule has 0 saturated heterocycles. The van der Waals surface area contributed by atoms with Crippen LogP contribution in [0.5, 0.6) is 0 Å². The highest BCUT2D eigenvalue weighted by molar-refractivity contribution is 6.27. The van der Waals surface area contributed by atoms with Gasteiger partial charge in [0.2, 0.25) is 5.78 Å². The molecule has 0 aliphatic rings. The molecule has 0 bridgehead atoms. The van der Waals surface area contributed by atoms with E-state index in [2.05, 4.69) is 11.8 Å². The van der Waals surface area contributed by atoms with Crippen molar-refractivity contribution in [2.75, 3.05) is 0 Å². The van der Waals surface area contributed by atoms with E-state index in [-0.39, 0.29) is 5.78 Å². The summed E-state index contributed by atoms with van der Waals surface area (Å²) < 4.78 is 0. The molecule has 0 unspecified atom stereocenters. The Bertz CT molecular complexity index is 368. The van der Waals surface area contributed by atoms with Crippen LogP contribution in [-0.2, 0) is 4.79 Å². The molecular formula is C11H7ClO. The Labute approximate surface area is 82.0 Å². The zero-order chi connectivity index (χ0) is 9.52. The summed E-state index contributed by atoms with van der Waals surface area (Å²) in [6.07, 6.45) is 1.22. The van der Waals surface area contributed by atoms with E-state index in [1.165, 1.54) is 6.08 Å². The third kappa shape index (κ3) is 3.59. The fourth-order valence-corrected chi connectivity index (χ4v) is 0.869. The van der Waals surface area contributed by atoms with Crippen LogP contribution in [0.15, 0.2) is 41.9 Å². The Morgan fingerprint density at radius 3 is 2.62 bits per heavy atom. The normalized spacial score (nSPS) is 9.31. The average Bonchev–Trinajstić information content (AvgIpc) is 2.17. The highest BCUT2D eigenvalue weighted by atomic mass is 35.5. The van der Waals surface area contributed by atoms with Gasteiger partial charge in [0, 0.05) is 17.2 Å². The van der Waals surface area contributed by atoms with E-state index in [1.807, 2.05) is 30.3 Å². The van der Waals surface area contributed by atoms with Crippen molar-refractivity contribution in [1.82, 2.24) is 0 Å². The topological polar surface area (TPSA) is 17.1 Å². The van der Waals surface area contributed by atoms with Gasteiger partial charge in [0.25, 0.3) is 0 Å². The van der Waals surface area contributed by atoms with Crippen molar-refractivity contribution in [2.24, 2.45) is 0 Å². The number of benzene rings is 1. The lowest BCUT2D eigenvalue weighted by Gasteiger charge is -1.84. The van der Waals surface area contributed by atoms with Gasteiger partial charge in [-0.2, -0.15) is 0 Å². The van der Waals surface area contributed by atoms with Gasteiger partial charge in [-0.15, -0.1) is 0 Å². The molecule has 1 rings (SSSR count). The molecule has 0 atom stereocenters. The van der Waals surface area contributed by atoms with Crippen LogP contribution >= 0.6 is 11.6 Å². The van der Waals surface area contributed by atoms with Crippen LogP contribution in [0.3, 0.4) is 0 Å². The summed E-state index contributed by atoms with van der Waals surface area (Å²) in [5, 5.41) is 0. The Kier molecular flexibility index (Phi) is 3.81. The van der Waals surface area contributed by atoms with Crippen molar-refractivity contribution in [3.63, 3.8) is 0 Å². The number of ketones is 1. The largest absolute Gasteiger partial charge is 0.280 e. The van der Waals surface area contributed by atoms with Crippen LogP contribution in [0.2, 0.25) is 0 Å². The van der Waals surface area contributed by atoms with E-state index in [9.17, 15) is 4.79 Å². The molecule has 0 saturated carbocycles. The van der Waals surface area contributed by atoms with Crippen molar-refractivity contribution in [1.29, 1.82) is 0 Å². The molecule has 1 aromatic carbocycles. The number of allylic oxidation sites excluding steroid dienone is 1. The molecule has 1 aromatic rings. The molecule has 64 valence electrons. The van der Waals surface area contributed by atoms with E-state index in [0.29, 0.717) is 0 Å². The molecule has 0 N–H and O–H groups in total. The summed E-state index contributed by atoms with van der Waals surface area (Å²) >= 11 is 5.21. The minimum absolute atomic E-state index is 0.293. The van der Waals surface area contributed by atoms with Crippen LogP contribution in [0, 0.1) is 11.8 Å². The predicted molar refractivity (Wildman–Crippen MR) is 53.3 cm³/mol. The number of carbonyl (C=O) groups is 1. The lowest BCUT2D eigenvalue weighted by Crippen LogP contribution is -1.84. The second kappa shape index (κ2) is 5.18. The van der Waals surface area contributed by atoms with Crippen LogP contribution < -0.4 is 0 Å². The molecule has 0 spiro atoms. The zero-order valence-electron chi connectivity index (χ0n) is 6.83. The summed E-state index contributed by atoms with van der Waals surface area (Å²) in [5.41, 5.74) is 1.97. The Hall–Kier alpha value is -1.52. The van der Waals surface area contributed by atoms with Crippen LogP contribution in [0.4, 0.5) is 0 Å². The Morgan fingerprint density at radius 2 is 2.00 bits per heavy atom. The highest BCUT2D eigenvalue weighted by Crippen LogP contribution is 1.94. The molecule has 0 aliphatic carbocycles. The minimum Gasteiger partial charge on any atom is -0.280 e. The average molecular weight is 191 g/mol. The molecule has 0 aliphatic heterocycles. The van der Waals surface area contributed by atoms with Crippen LogP contribution in [-0.4, -0.2) is 5.78 Å². The second-order valence-electron chi connectivity index (χ2n) is 2.27. The number of hydrogen-bond acceptors (Lipinski definition) is 1. The van der Waals surface area contributed by atoms with E-state index in [0.717, 1.165) is 11.1 Å². The zero-order valence-corrected chi connectivity index (χ0v) is 7.58. The first-order valence-electron chi connectivity index (χ1n) is 3.71. The SMILES string of the molecule is O=C(C#Cc1ccccc1)/C=C/Cl. The third-order valence-corrected chi connectivity index (χ3v) is 1.44. The molecular weight excluding hydrogens is 184 g/mol. The fraction of sp³-hybridized carbons (Fsp3) is 0. The predicted octanol–water partition coefficient (Wildman–Crippen LogP) is 2.36. The van der Waals surface area contributed by atoms with Crippen molar-refractivity contribution in [3.05, 3.63) is 47.5 Å². The van der Waals surface area contributed by atoms with Gasteiger partial charge < -0.3 is 0 Å². The lowest BCUT2D eigenvalue weighted by atomic mass is 10.2. The molecule has 0 heterocycles. The maximum Gasteiger partial charge on any atom is 0.229 e. The summed E-state index contributed by atoms with van der Waals surface area (Å²) in [6.45, 7) is 0. The summed E-state index contributed by atoms with van der Waals surface area (Å²) in [4.78, 5) is 10.9. The van der Waals surface area contributed by atoms with Gasteiger partial charge in [-0.05, 0) is 18.1 Å². The number of hydrogen-bond donors (Lipinski definition) is 0. The minimum atomic E-state index is -0.293. The standard InChI is InChI=1S/C11H7ClO/c12-9-8-11(13)7-6-10-4-2-1-3-5-10/h1-5,8-9H/b9-8+. The van der Waals surface area contributed by atoms with Gasteiger partial charge in [0.1, 0.15) is 0 Å². The van der Waals surface area contributed by atoms with Gasteiger partial charge >= 0.3 is 0 Å².